The molecule has 8 nitrogen and oxygen atoms in total. The molecule has 0 bridgehead atoms. The summed E-state index contributed by atoms with van der Waals surface area (Å²) in [7, 11) is -2.07. The van der Waals surface area contributed by atoms with E-state index >= 15 is 0 Å². The lowest BCUT2D eigenvalue weighted by molar-refractivity contribution is 0.0937. The summed E-state index contributed by atoms with van der Waals surface area (Å²) >= 11 is 0. The number of likely N-dealkylation sites (tertiary alicyclic amines) is 1. The number of benzene rings is 2. The molecule has 1 atom stereocenters. The molecule has 0 aliphatic carbocycles. The number of rotatable bonds is 10. The van der Waals surface area contributed by atoms with Crippen LogP contribution in [0.25, 0.3) is 0 Å². The van der Waals surface area contributed by atoms with E-state index in [4.69, 9.17) is 10.00 Å². The van der Waals surface area contributed by atoms with E-state index in [2.05, 4.69) is 14.9 Å². The highest BCUT2D eigenvalue weighted by Crippen LogP contribution is 2.26. The molecule has 0 aromatic heterocycles. The SMILES string of the molecule is COc1ccc([C@@H](CNC(=O)c2ccc(S(=O)(=O)NCCC#N)cc2)N2CCCC2)cc1. The van der Waals surface area contributed by atoms with Crippen LogP contribution in [0.15, 0.2) is 53.4 Å². The van der Waals surface area contributed by atoms with E-state index in [9.17, 15) is 13.2 Å². The van der Waals surface area contributed by atoms with Gasteiger partial charge < -0.3 is 10.1 Å². The molecule has 3 rings (SSSR count). The van der Waals surface area contributed by atoms with E-state index in [0.717, 1.165) is 37.2 Å². The Labute approximate surface area is 189 Å². The number of hydrogen-bond donors (Lipinski definition) is 2. The van der Waals surface area contributed by atoms with E-state index in [1.54, 1.807) is 7.11 Å². The normalized spacial score (nSPS) is 15.1. The zero-order chi connectivity index (χ0) is 23.0. The zero-order valence-corrected chi connectivity index (χ0v) is 18.9. The zero-order valence-electron chi connectivity index (χ0n) is 18.1. The van der Waals surface area contributed by atoms with Gasteiger partial charge in [-0.1, -0.05) is 12.1 Å². The summed E-state index contributed by atoms with van der Waals surface area (Å²) in [6.45, 7) is 2.46. The third-order valence-electron chi connectivity index (χ3n) is 5.49. The van der Waals surface area contributed by atoms with Crippen molar-refractivity contribution in [3.63, 3.8) is 0 Å². The summed E-state index contributed by atoms with van der Waals surface area (Å²) in [6.07, 6.45) is 2.37. The third-order valence-corrected chi connectivity index (χ3v) is 6.97. The van der Waals surface area contributed by atoms with Crippen LogP contribution in [0.3, 0.4) is 0 Å². The Morgan fingerprint density at radius 2 is 1.78 bits per heavy atom. The van der Waals surface area contributed by atoms with Gasteiger partial charge in [0.15, 0.2) is 0 Å². The highest BCUT2D eigenvalue weighted by atomic mass is 32.2. The van der Waals surface area contributed by atoms with Crippen LogP contribution in [0.5, 0.6) is 5.75 Å². The lowest BCUT2D eigenvalue weighted by Crippen LogP contribution is -2.36. The Hall–Kier alpha value is -2.93. The van der Waals surface area contributed by atoms with Gasteiger partial charge in [0, 0.05) is 25.1 Å². The maximum atomic E-state index is 12.7. The Morgan fingerprint density at radius 3 is 2.38 bits per heavy atom. The molecule has 32 heavy (non-hydrogen) atoms. The molecule has 1 fully saturated rings. The van der Waals surface area contributed by atoms with E-state index in [0.29, 0.717) is 12.1 Å². The first-order valence-electron chi connectivity index (χ1n) is 10.6. The number of carbonyl (C=O) groups is 1. The van der Waals surface area contributed by atoms with Gasteiger partial charge in [-0.3, -0.25) is 9.69 Å². The molecule has 2 aromatic carbocycles. The number of ether oxygens (including phenoxy) is 1. The van der Waals surface area contributed by atoms with E-state index in [1.807, 2.05) is 30.3 Å². The van der Waals surface area contributed by atoms with Crippen LogP contribution < -0.4 is 14.8 Å². The van der Waals surface area contributed by atoms with Crippen molar-refractivity contribution in [1.82, 2.24) is 14.9 Å². The van der Waals surface area contributed by atoms with Crippen molar-refractivity contribution >= 4 is 15.9 Å². The van der Waals surface area contributed by atoms with E-state index in [1.165, 1.54) is 24.3 Å². The van der Waals surface area contributed by atoms with Crippen molar-refractivity contribution in [2.45, 2.75) is 30.2 Å². The quantitative estimate of drug-likeness (QED) is 0.531. The maximum Gasteiger partial charge on any atom is 0.251 e. The van der Waals surface area contributed by atoms with Crippen LogP contribution in [0.4, 0.5) is 0 Å². The molecule has 170 valence electrons. The van der Waals surface area contributed by atoms with Gasteiger partial charge in [-0.2, -0.15) is 5.26 Å². The Bertz CT molecular complexity index is 1040. The first-order chi connectivity index (χ1) is 15.4. The topological polar surface area (TPSA) is 112 Å². The second-order valence-electron chi connectivity index (χ2n) is 7.57. The van der Waals surface area contributed by atoms with Gasteiger partial charge in [0.1, 0.15) is 5.75 Å². The van der Waals surface area contributed by atoms with Crippen molar-refractivity contribution in [3.05, 3.63) is 59.7 Å². The number of amides is 1. The fourth-order valence-corrected chi connectivity index (χ4v) is 4.77. The van der Waals surface area contributed by atoms with Gasteiger partial charge in [0.25, 0.3) is 5.91 Å². The maximum absolute atomic E-state index is 12.7. The average Bonchev–Trinajstić information content (AvgIpc) is 3.34. The molecule has 0 saturated carbocycles. The summed E-state index contributed by atoms with van der Waals surface area (Å²) in [6, 6.07) is 15.6. The predicted molar refractivity (Wildman–Crippen MR) is 121 cm³/mol. The van der Waals surface area contributed by atoms with E-state index < -0.39 is 10.0 Å². The number of sulfonamides is 1. The second-order valence-corrected chi connectivity index (χ2v) is 9.34. The molecule has 1 aliphatic heterocycles. The van der Waals surface area contributed by atoms with E-state index in [-0.39, 0.29) is 29.8 Å². The summed E-state index contributed by atoms with van der Waals surface area (Å²) < 4.78 is 32.0. The van der Waals surface area contributed by atoms with Gasteiger partial charge in [-0.05, 0) is 67.9 Å². The molecule has 0 unspecified atom stereocenters. The minimum Gasteiger partial charge on any atom is -0.497 e. The molecule has 2 aromatic rings. The molecular formula is C23H28N4O4S. The molecule has 1 aliphatic rings. The third kappa shape index (κ3) is 6.07. The van der Waals surface area contributed by atoms with Crippen LogP contribution in [0.2, 0.25) is 0 Å². The first-order valence-corrected chi connectivity index (χ1v) is 12.1. The lowest BCUT2D eigenvalue weighted by Gasteiger charge is -2.28. The number of hydrogen-bond acceptors (Lipinski definition) is 6. The minimum atomic E-state index is -3.70. The van der Waals surface area contributed by atoms with Crippen molar-refractivity contribution < 1.29 is 17.9 Å². The number of methoxy groups -OCH3 is 1. The molecule has 1 saturated heterocycles. The minimum absolute atomic E-state index is 0.0460. The molecule has 2 N–H and O–H groups in total. The molecule has 0 spiro atoms. The van der Waals surface area contributed by atoms with Crippen LogP contribution in [0, 0.1) is 11.3 Å². The van der Waals surface area contributed by atoms with Gasteiger partial charge in [0.05, 0.1) is 24.1 Å². The van der Waals surface area contributed by atoms with Crippen LogP contribution in [-0.4, -0.2) is 52.5 Å². The monoisotopic (exact) mass is 456 g/mol. The second kappa shape index (κ2) is 11.1. The molecular weight excluding hydrogens is 428 g/mol. The number of carbonyl (C=O) groups excluding carboxylic acids is 1. The largest absolute Gasteiger partial charge is 0.497 e. The number of nitriles is 1. The highest BCUT2D eigenvalue weighted by Gasteiger charge is 2.24. The molecule has 0 radical (unpaired) electrons. The number of nitrogens with zero attached hydrogens (tertiary/aromatic N) is 2. The average molecular weight is 457 g/mol. The van der Waals surface area contributed by atoms with Crippen molar-refractivity contribution in [3.8, 4) is 11.8 Å². The lowest BCUT2D eigenvalue weighted by atomic mass is 10.0. The van der Waals surface area contributed by atoms with Crippen molar-refractivity contribution in [2.24, 2.45) is 0 Å². The van der Waals surface area contributed by atoms with Crippen LogP contribution >= 0.6 is 0 Å². The molecule has 1 heterocycles. The Balaban J connectivity index is 1.66. The highest BCUT2D eigenvalue weighted by molar-refractivity contribution is 7.89. The van der Waals surface area contributed by atoms with Crippen LogP contribution in [-0.2, 0) is 10.0 Å². The van der Waals surface area contributed by atoms with Gasteiger partial charge in [0.2, 0.25) is 10.0 Å². The summed E-state index contributed by atoms with van der Waals surface area (Å²) in [5, 5.41) is 11.5. The van der Waals surface area contributed by atoms with Gasteiger partial charge in [-0.25, -0.2) is 13.1 Å². The Kier molecular flexibility index (Phi) is 8.22. The number of nitrogens with one attached hydrogen (secondary N) is 2. The summed E-state index contributed by atoms with van der Waals surface area (Å²) in [5.41, 5.74) is 1.49. The van der Waals surface area contributed by atoms with Crippen molar-refractivity contribution in [1.29, 1.82) is 5.26 Å². The fourth-order valence-electron chi connectivity index (χ4n) is 3.74. The predicted octanol–water partition coefficient (Wildman–Crippen LogP) is 2.45. The van der Waals surface area contributed by atoms with Crippen molar-refractivity contribution in [2.75, 3.05) is 33.3 Å². The van der Waals surface area contributed by atoms with Crippen LogP contribution in [0.1, 0.15) is 41.2 Å². The molecule has 1 amide bonds. The first kappa shape index (κ1) is 23.7. The van der Waals surface area contributed by atoms with Gasteiger partial charge in [-0.15, -0.1) is 0 Å². The Morgan fingerprint density at radius 1 is 1.12 bits per heavy atom. The van der Waals surface area contributed by atoms with Gasteiger partial charge >= 0.3 is 0 Å². The summed E-state index contributed by atoms with van der Waals surface area (Å²) in [5.74, 6) is 0.527. The molecule has 9 heteroatoms. The summed E-state index contributed by atoms with van der Waals surface area (Å²) in [4.78, 5) is 15.1. The smallest absolute Gasteiger partial charge is 0.251 e. The fraction of sp³-hybridized carbons (Fsp3) is 0.391. The standard InChI is InChI=1S/C23H28N4O4S/c1-31-20-9-5-18(6-10-20)22(27-15-2-3-16-27)17-25-23(28)19-7-11-21(12-8-19)32(29,30)26-14-4-13-24/h5-12,22,26H,2-4,14-17H2,1H3,(H,25,28)/t22-/m1/s1.